The Balaban J connectivity index is 1.05. The van der Waals surface area contributed by atoms with Gasteiger partial charge in [-0.25, -0.2) is 0 Å². The molecule has 11 aromatic carbocycles. The van der Waals surface area contributed by atoms with Gasteiger partial charge in [0.25, 0.3) is 0 Å². The number of nitrogens with zero attached hydrogens (tertiary/aromatic N) is 1. The van der Waals surface area contributed by atoms with E-state index in [0.717, 1.165) is 12.8 Å². The third-order valence-electron chi connectivity index (χ3n) is 13.7. The first kappa shape index (κ1) is 31.6. The molecule has 272 valence electrons. The number of allylic oxidation sites excluding steroid dienone is 3. The zero-order valence-corrected chi connectivity index (χ0v) is 32.3. The first-order valence-electron chi connectivity index (χ1n) is 20.9. The van der Waals surface area contributed by atoms with E-state index in [2.05, 4.69) is 193 Å². The van der Waals surface area contributed by atoms with Crippen molar-refractivity contribution in [3.8, 4) is 39.1 Å². The highest BCUT2D eigenvalue weighted by atomic mass is 15.0. The zero-order valence-electron chi connectivity index (χ0n) is 32.3. The Bertz CT molecular complexity index is 3780. The Morgan fingerprint density at radius 2 is 1.00 bits per heavy atom. The second kappa shape index (κ2) is 11.6. The van der Waals surface area contributed by atoms with E-state index in [1.165, 1.54) is 137 Å². The summed E-state index contributed by atoms with van der Waals surface area (Å²) in [6, 6.07) is 64.4. The van der Waals surface area contributed by atoms with Crippen LogP contribution in [0.15, 0.2) is 182 Å². The maximum atomic E-state index is 2.54. The molecule has 0 atom stereocenters. The molecule has 14 rings (SSSR count). The standard InChI is InChI=1S/C58H35N/c1-2-6-34(7-3-1)35-18-24-46(25-19-35)59-51-32-44(47-26-20-40-14-12-36-8-4-10-38-22-28-49(47)55(40)53(36)38)30-42-16-17-43-31-45(33-52(59)58(43)57(42)51)48-27-21-41-15-13-37-9-5-11-39-23-29-50(48)56(41)54(37)39/h1-8,10-14,16-33H,9,15H2. The van der Waals surface area contributed by atoms with Gasteiger partial charge in [-0.1, -0.05) is 152 Å². The van der Waals surface area contributed by atoms with Crippen LogP contribution >= 0.6 is 0 Å². The summed E-state index contributed by atoms with van der Waals surface area (Å²) >= 11 is 0. The summed E-state index contributed by atoms with van der Waals surface area (Å²) in [5, 5.41) is 15.8. The average Bonchev–Trinajstić information content (AvgIpc) is 3.64. The van der Waals surface area contributed by atoms with Gasteiger partial charge in [0.15, 0.2) is 0 Å². The maximum Gasteiger partial charge on any atom is 0.0553 e. The van der Waals surface area contributed by atoms with Gasteiger partial charge >= 0.3 is 0 Å². The van der Waals surface area contributed by atoms with Gasteiger partial charge < -0.3 is 4.57 Å². The predicted molar refractivity (Wildman–Crippen MR) is 252 cm³/mol. The molecule has 1 heteroatoms. The second-order valence-corrected chi connectivity index (χ2v) is 16.7. The van der Waals surface area contributed by atoms with Crippen LogP contribution in [0.3, 0.4) is 0 Å². The van der Waals surface area contributed by atoms with E-state index in [-0.39, 0.29) is 0 Å². The SMILES string of the molecule is C1=Cc2ccc3c(-c4cc5ccc6cc(-c7ccc8ccc9cccc%10ccc7c8c9%10)cc7c6c5c(c4)n7-c4ccc(-c5ccccc5)cc4)ccc4c3c2C(=CC4)C1. The maximum absolute atomic E-state index is 2.54. The Morgan fingerprint density at radius 1 is 0.390 bits per heavy atom. The molecule has 0 fully saturated rings. The summed E-state index contributed by atoms with van der Waals surface area (Å²) < 4.78 is 2.54. The molecular formula is C58H35N. The number of hydrogen-bond acceptors (Lipinski definition) is 0. The summed E-state index contributed by atoms with van der Waals surface area (Å²) in [6.07, 6.45) is 9.08. The first-order valence-corrected chi connectivity index (χ1v) is 20.9. The first-order chi connectivity index (χ1) is 29.2. The third-order valence-corrected chi connectivity index (χ3v) is 13.7. The van der Waals surface area contributed by atoms with Crippen molar-refractivity contribution >= 4 is 87.3 Å². The van der Waals surface area contributed by atoms with Gasteiger partial charge in [0.1, 0.15) is 0 Å². The Morgan fingerprint density at radius 3 is 1.75 bits per heavy atom. The fourth-order valence-electron chi connectivity index (χ4n) is 11.1. The highest BCUT2D eigenvalue weighted by molar-refractivity contribution is 6.28. The minimum absolute atomic E-state index is 0.994. The molecule has 0 bridgehead atoms. The molecule has 59 heavy (non-hydrogen) atoms. The van der Waals surface area contributed by atoms with Crippen LogP contribution in [0.1, 0.15) is 23.1 Å². The molecule has 2 aliphatic rings. The number of benzene rings is 11. The van der Waals surface area contributed by atoms with E-state index in [1.54, 1.807) is 0 Å². The van der Waals surface area contributed by atoms with E-state index < -0.39 is 0 Å². The lowest BCUT2D eigenvalue weighted by Crippen LogP contribution is -2.03. The lowest BCUT2D eigenvalue weighted by Gasteiger charge is -2.24. The Labute approximate surface area is 341 Å². The van der Waals surface area contributed by atoms with E-state index in [0.29, 0.717) is 0 Å². The lowest BCUT2D eigenvalue weighted by molar-refractivity contribution is 1.18. The van der Waals surface area contributed by atoms with Crippen LogP contribution in [-0.4, -0.2) is 4.57 Å². The van der Waals surface area contributed by atoms with E-state index >= 15 is 0 Å². The molecular weight excluding hydrogens is 711 g/mol. The summed E-state index contributed by atoms with van der Waals surface area (Å²) in [7, 11) is 0. The van der Waals surface area contributed by atoms with Crippen LogP contribution in [-0.2, 0) is 6.42 Å². The van der Waals surface area contributed by atoms with Gasteiger partial charge in [0.2, 0.25) is 0 Å². The van der Waals surface area contributed by atoms with E-state index in [1.807, 2.05) is 0 Å². The highest BCUT2D eigenvalue weighted by Gasteiger charge is 2.24. The molecule has 2 aliphatic carbocycles. The molecule has 12 aromatic rings. The Hall–Kier alpha value is -7.48. The van der Waals surface area contributed by atoms with Gasteiger partial charge in [-0.15, -0.1) is 0 Å². The third kappa shape index (κ3) is 4.34. The number of aromatic nitrogens is 1. The molecule has 0 saturated carbocycles. The van der Waals surface area contributed by atoms with E-state index in [9.17, 15) is 0 Å². The van der Waals surface area contributed by atoms with Crippen LogP contribution in [0, 0.1) is 0 Å². The summed E-state index contributed by atoms with van der Waals surface area (Å²) in [4.78, 5) is 0. The van der Waals surface area contributed by atoms with E-state index in [4.69, 9.17) is 0 Å². The zero-order chi connectivity index (χ0) is 38.3. The van der Waals surface area contributed by atoms with Crippen molar-refractivity contribution in [3.05, 3.63) is 199 Å². The van der Waals surface area contributed by atoms with Gasteiger partial charge in [0.05, 0.1) is 11.0 Å². The second-order valence-electron chi connectivity index (χ2n) is 16.7. The molecule has 0 spiro atoms. The predicted octanol–water partition coefficient (Wildman–Crippen LogP) is 15.8. The fraction of sp³-hybridized carbons (Fsp3) is 0.0345. The minimum atomic E-state index is 0.994. The summed E-state index contributed by atoms with van der Waals surface area (Å²) in [5.41, 5.74) is 16.8. The van der Waals surface area contributed by atoms with Crippen molar-refractivity contribution in [2.75, 3.05) is 0 Å². The number of hydrogen-bond donors (Lipinski definition) is 0. The average molecular weight is 746 g/mol. The van der Waals surface area contributed by atoms with Crippen molar-refractivity contribution in [3.63, 3.8) is 0 Å². The molecule has 1 nitrogen and oxygen atoms in total. The van der Waals surface area contributed by atoms with Crippen LogP contribution < -0.4 is 0 Å². The van der Waals surface area contributed by atoms with Crippen LogP contribution in [0.4, 0.5) is 0 Å². The van der Waals surface area contributed by atoms with Crippen LogP contribution in [0.25, 0.3) is 126 Å². The molecule has 0 saturated heterocycles. The highest BCUT2D eigenvalue weighted by Crippen LogP contribution is 2.48. The molecule has 0 radical (unpaired) electrons. The number of rotatable bonds is 4. The monoisotopic (exact) mass is 745 g/mol. The normalized spacial score (nSPS) is 13.7. The summed E-state index contributed by atoms with van der Waals surface area (Å²) in [6.45, 7) is 0. The van der Waals surface area contributed by atoms with Gasteiger partial charge in [0, 0.05) is 16.5 Å². The topological polar surface area (TPSA) is 4.93 Å². The van der Waals surface area contributed by atoms with Crippen molar-refractivity contribution in [1.29, 1.82) is 0 Å². The fourth-order valence-corrected chi connectivity index (χ4v) is 11.1. The van der Waals surface area contributed by atoms with Gasteiger partial charge in [-0.2, -0.15) is 0 Å². The van der Waals surface area contributed by atoms with Crippen LogP contribution in [0.5, 0.6) is 0 Å². The largest absolute Gasteiger partial charge is 0.309 e. The Kier molecular flexibility index (Phi) is 6.19. The summed E-state index contributed by atoms with van der Waals surface area (Å²) in [5.74, 6) is 0. The molecule has 0 unspecified atom stereocenters. The van der Waals surface area contributed by atoms with Crippen molar-refractivity contribution in [2.24, 2.45) is 0 Å². The van der Waals surface area contributed by atoms with Crippen molar-refractivity contribution < 1.29 is 0 Å². The smallest absolute Gasteiger partial charge is 0.0553 e. The molecule has 0 aliphatic heterocycles. The van der Waals surface area contributed by atoms with Gasteiger partial charge in [-0.05, 0) is 159 Å². The lowest BCUT2D eigenvalue weighted by atomic mass is 9.80. The van der Waals surface area contributed by atoms with Crippen molar-refractivity contribution in [2.45, 2.75) is 12.8 Å². The minimum Gasteiger partial charge on any atom is -0.309 e. The molecule has 0 N–H and O–H groups in total. The van der Waals surface area contributed by atoms with Crippen molar-refractivity contribution in [1.82, 2.24) is 4.57 Å². The quantitative estimate of drug-likeness (QED) is 0.158. The van der Waals surface area contributed by atoms with Gasteiger partial charge in [-0.3, -0.25) is 0 Å². The van der Waals surface area contributed by atoms with Crippen LogP contribution in [0.2, 0.25) is 0 Å². The molecule has 1 heterocycles. The molecule has 1 aromatic heterocycles. The molecule has 0 amide bonds.